The van der Waals surface area contributed by atoms with Crippen LogP contribution in [-0.4, -0.2) is 83.1 Å². The van der Waals surface area contributed by atoms with Gasteiger partial charge in [-0.2, -0.15) is 5.10 Å². The van der Waals surface area contributed by atoms with E-state index in [1.807, 2.05) is 18.2 Å². The summed E-state index contributed by atoms with van der Waals surface area (Å²) in [6, 6.07) is 9.06. The van der Waals surface area contributed by atoms with Gasteiger partial charge in [-0.1, -0.05) is 23.7 Å². The van der Waals surface area contributed by atoms with Crippen LogP contribution >= 0.6 is 11.6 Å². The van der Waals surface area contributed by atoms with Gasteiger partial charge in [0.1, 0.15) is 0 Å². The van der Waals surface area contributed by atoms with Crippen molar-refractivity contribution in [3.63, 3.8) is 0 Å². The summed E-state index contributed by atoms with van der Waals surface area (Å²) in [4.78, 5) is 29.9. The van der Waals surface area contributed by atoms with Crippen LogP contribution in [0, 0.1) is 0 Å². The molecule has 138 valence electrons. The van der Waals surface area contributed by atoms with Gasteiger partial charge in [0.05, 0.1) is 17.3 Å². The molecule has 1 aromatic heterocycles. The summed E-state index contributed by atoms with van der Waals surface area (Å²) >= 11 is 6.18. The lowest BCUT2D eigenvalue weighted by Gasteiger charge is -2.34. The van der Waals surface area contributed by atoms with Gasteiger partial charge in [-0.3, -0.25) is 14.5 Å². The van der Waals surface area contributed by atoms with Crippen molar-refractivity contribution in [1.82, 2.24) is 24.5 Å². The van der Waals surface area contributed by atoms with Gasteiger partial charge in [-0.05, 0) is 18.2 Å². The fourth-order valence-electron chi connectivity index (χ4n) is 2.81. The van der Waals surface area contributed by atoms with Gasteiger partial charge in [-0.15, -0.1) is 0 Å². The highest BCUT2D eigenvalue weighted by Gasteiger charge is 2.25. The molecule has 0 saturated carbocycles. The molecule has 1 aromatic carbocycles. The lowest BCUT2D eigenvalue weighted by molar-refractivity contribution is -0.130. The van der Waals surface area contributed by atoms with Crippen LogP contribution in [0.2, 0.25) is 5.02 Å². The van der Waals surface area contributed by atoms with Crippen LogP contribution in [-0.2, 0) is 4.79 Å². The third-order valence-corrected chi connectivity index (χ3v) is 4.74. The second kappa shape index (κ2) is 7.88. The number of benzene rings is 1. The van der Waals surface area contributed by atoms with Crippen molar-refractivity contribution >= 4 is 23.4 Å². The molecule has 1 aliphatic rings. The summed E-state index contributed by atoms with van der Waals surface area (Å²) in [5, 5.41) is 4.95. The van der Waals surface area contributed by atoms with E-state index in [4.69, 9.17) is 11.6 Å². The van der Waals surface area contributed by atoms with E-state index in [9.17, 15) is 9.59 Å². The average Bonchev–Trinajstić information content (AvgIpc) is 3.12. The molecular formula is C18H22ClN5O2. The minimum atomic E-state index is -0.102. The van der Waals surface area contributed by atoms with Crippen molar-refractivity contribution in [3.8, 4) is 5.69 Å². The highest BCUT2D eigenvalue weighted by Crippen LogP contribution is 2.19. The van der Waals surface area contributed by atoms with Gasteiger partial charge in [0, 0.05) is 46.5 Å². The molecule has 7 nitrogen and oxygen atoms in total. The highest BCUT2D eigenvalue weighted by atomic mass is 35.5. The number of hydrogen-bond acceptors (Lipinski definition) is 4. The molecule has 2 aromatic rings. The van der Waals surface area contributed by atoms with E-state index in [2.05, 4.69) is 10.00 Å². The molecule has 26 heavy (non-hydrogen) atoms. The number of likely N-dealkylation sites (N-methyl/N-ethyl adjacent to an activating group) is 1. The molecular weight excluding hydrogens is 354 g/mol. The van der Waals surface area contributed by atoms with Crippen LogP contribution < -0.4 is 0 Å². The van der Waals surface area contributed by atoms with Crippen molar-refractivity contribution in [2.45, 2.75) is 0 Å². The number of hydrogen-bond donors (Lipinski definition) is 0. The zero-order chi connectivity index (χ0) is 18.7. The van der Waals surface area contributed by atoms with E-state index >= 15 is 0 Å². The summed E-state index contributed by atoms with van der Waals surface area (Å²) < 4.78 is 1.61. The topological polar surface area (TPSA) is 61.7 Å². The minimum absolute atomic E-state index is 0.0725. The molecule has 1 fully saturated rings. The zero-order valence-electron chi connectivity index (χ0n) is 14.9. The van der Waals surface area contributed by atoms with Crippen molar-refractivity contribution in [1.29, 1.82) is 0 Å². The number of rotatable bonds is 4. The number of para-hydroxylation sites is 1. The van der Waals surface area contributed by atoms with E-state index < -0.39 is 0 Å². The van der Waals surface area contributed by atoms with Gasteiger partial charge in [0.15, 0.2) is 5.69 Å². The SMILES string of the molecule is CN(C)C(=O)CN1CCN(C(=O)c2ccn(-c3ccccc3Cl)n2)CC1. The molecule has 0 atom stereocenters. The number of piperazine rings is 1. The second-order valence-corrected chi connectivity index (χ2v) is 6.86. The predicted molar refractivity (Wildman–Crippen MR) is 99.6 cm³/mol. The van der Waals surface area contributed by atoms with Crippen LogP contribution in [0.25, 0.3) is 5.69 Å². The maximum absolute atomic E-state index is 12.7. The first-order valence-corrected chi connectivity index (χ1v) is 8.86. The molecule has 0 bridgehead atoms. The Morgan fingerprint density at radius 2 is 1.81 bits per heavy atom. The van der Waals surface area contributed by atoms with Crippen LogP contribution in [0.5, 0.6) is 0 Å². The van der Waals surface area contributed by atoms with Crippen molar-refractivity contribution in [2.75, 3.05) is 46.8 Å². The average molecular weight is 376 g/mol. The number of carbonyl (C=O) groups is 2. The van der Waals surface area contributed by atoms with E-state index in [1.54, 1.807) is 46.9 Å². The largest absolute Gasteiger partial charge is 0.348 e. The predicted octanol–water partition coefficient (Wildman–Crippen LogP) is 1.37. The first kappa shape index (κ1) is 18.4. The first-order chi connectivity index (χ1) is 12.5. The van der Waals surface area contributed by atoms with Crippen molar-refractivity contribution < 1.29 is 9.59 Å². The maximum atomic E-state index is 12.7. The fraction of sp³-hybridized carbons (Fsp3) is 0.389. The number of aromatic nitrogens is 2. The van der Waals surface area contributed by atoms with Crippen LogP contribution in [0.1, 0.15) is 10.5 Å². The summed E-state index contributed by atoms with van der Waals surface area (Å²) in [7, 11) is 3.49. The minimum Gasteiger partial charge on any atom is -0.348 e. The Bertz CT molecular complexity index is 796. The summed E-state index contributed by atoms with van der Waals surface area (Å²) in [5.41, 5.74) is 1.13. The summed E-state index contributed by atoms with van der Waals surface area (Å²) in [6.45, 7) is 2.90. The molecule has 1 saturated heterocycles. The number of nitrogens with zero attached hydrogens (tertiary/aromatic N) is 5. The third-order valence-electron chi connectivity index (χ3n) is 4.42. The molecule has 0 aliphatic carbocycles. The smallest absolute Gasteiger partial charge is 0.274 e. The molecule has 2 amide bonds. The molecule has 0 N–H and O–H groups in total. The Balaban J connectivity index is 1.61. The standard InChI is InChI=1S/C18H22ClN5O2/c1-21(2)17(25)13-22-9-11-23(12-10-22)18(26)15-7-8-24(20-15)16-6-4-3-5-14(16)19/h3-8H,9-13H2,1-2H3. The van der Waals surface area contributed by atoms with Gasteiger partial charge < -0.3 is 9.80 Å². The molecule has 3 rings (SSSR count). The monoisotopic (exact) mass is 375 g/mol. The second-order valence-electron chi connectivity index (χ2n) is 6.45. The van der Waals surface area contributed by atoms with Crippen LogP contribution in [0.15, 0.2) is 36.5 Å². The summed E-state index contributed by atoms with van der Waals surface area (Å²) in [6.07, 6.45) is 1.74. The van der Waals surface area contributed by atoms with Crippen LogP contribution in [0.3, 0.4) is 0 Å². The number of carbonyl (C=O) groups excluding carboxylic acids is 2. The molecule has 0 spiro atoms. The third kappa shape index (κ3) is 4.05. The molecule has 0 unspecified atom stereocenters. The fourth-order valence-corrected chi connectivity index (χ4v) is 3.04. The zero-order valence-corrected chi connectivity index (χ0v) is 15.7. The summed E-state index contributed by atoms with van der Waals surface area (Å²) in [5.74, 6) is -0.0300. The lowest BCUT2D eigenvalue weighted by Crippen LogP contribution is -2.51. The maximum Gasteiger partial charge on any atom is 0.274 e. The quantitative estimate of drug-likeness (QED) is 0.809. The molecule has 1 aliphatic heterocycles. The number of halogens is 1. The first-order valence-electron chi connectivity index (χ1n) is 8.48. The normalized spacial score (nSPS) is 15.1. The van der Waals surface area contributed by atoms with Gasteiger partial charge >= 0.3 is 0 Å². The number of amides is 2. The van der Waals surface area contributed by atoms with E-state index in [0.717, 1.165) is 5.69 Å². The van der Waals surface area contributed by atoms with E-state index in [-0.39, 0.29) is 11.8 Å². The van der Waals surface area contributed by atoms with Crippen LogP contribution in [0.4, 0.5) is 0 Å². The van der Waals surface area contributed by atoms with E-state index in [0.29, 0.717) is 43.4 Å². The Kier molecular flexibility index (Phi) is 5.58. The Hall–Kier alpha value is -2.38. The molecule has 8 heteroatoms. The highest BCUT2D eigenvalue weighted by molar-refractivity contribution is 6.32. The Morgan fingerprint density at radius 3 is 2.46 bits per heavy atom. The van der Waals surface area contributed by atoms with Gasteiger partial charge in [0.25, 0.3) is 5.91 Å². The molecule has 2 heterocycles. The van der Waals surface area contributed by atoms with Crippen molar-refractivity contribution in [2.24, 2.45) is 0 Å². The Morgan fingerprint density at radius 1 is 1.12 bits per heavy atom. The van der Waals surface area contributed by atoms with E-state index in [1.165, 1.54) is 0 Å². The molecule has 0 radical (unpaired) electrons. The van der Waals surface area contributed by atoms with Gasteiger partial charge in [0.2, 0.25) is 5.91 Å². The lowest BCUT2D eigenvalue weighted by atomic mass is 10.2. The Labute approximate surface area is 157 Å². The van der Waals surface area contributed by atoms with Crippen molar-refractivity contribution in [3.05, 3.63) is 47.2 Å². The van der Waals surface area contributed by atoms with Gasteiger partial charge in [-0.25, -0.2) is 4.68 Å².